The maximum absolute atomic E-state index is 6.90. The highest BCUT2D eigenvalue weighted by Gasteiger charge is 2.03. The van der Waals surface area contributed by atoms with Crippen molar-refractivity contribution in [1.29, 1.82) is 5.41 Å². The molecule has 5 nitrogen and oxygen atoms in total. The first kappa shape index (κ1) is 12.2. The van der Waals surface area contributed by atoms with Crippen molar-refractivity contribution in [2.45, 2.75) is 0 Å². The summed E-state index contributed by atoms with van der Waals surface area (Å²) in [6.45, 7) is 0. The van der Waals surface area contributed by atoms with Gasteiger partial charge >= 0.3 is 0 Å². The summed E-state index contributed by atoms with van der Waals surface area (Å²) in [5, 5.41) is 7.34. The highest BCUT2D eigenvalue weighted by molar-refractivity contribution is 6.32. The third-order valence-corrected chi connectivity index (χ3v) is 2.44. The Bertz CT molecular complexity index is 636. The summed E-state index contributed by atoms with van der Waals surface area (Å²) in [7, 11) is 0. The molecule has 92 valence electrons. The first-order valence-corrected chi connectivity index (χ1v) is 5.51. The molecule has 0 aliphatic rings. The standard InChI is InChI=1S/C12H11ClN4O/c13-10-5-8(15)1-2-11(10)18-9-3-4-16-12(6-9)17-7-14/h1-7H,15H2,(H2,14,16,17). The number of nitrogen functional groups attached to an aromatic ring is 1. The van der Waals surface area contributed by atoms with Crippen molar-refractivity contribution in [3.63, 3.8) is 0 Å². The smallest absolute Gasteiger partial charge is 0.146 e. The highest BCUT2D eigenvalue weighted by Crippen LogP contribution is 2.30. The fourth-order valence-electron chi connectivity index (χ4n) is 1.37. The van der Waals surface area contributed by atoms with Crippen molar-refractivity contribution in [2.24, 2.45) is 4.99 Å². The number of hydrogen-bond acceptors (Lipinski definition) is 3. The summed E-state index contributed by atoms with van der Waals surface area (Å²) in [6, 6.07) is 8.42. The SMILES string of the molecule is N=C/N=c1/cc(Oc2ccc(N)cc2Cl)cc[nH]1. The molecule has 0 saturated carbocycles. The number of halogens is 1. The van der Waals surface area contributed by atoms with Crippen molar-refractivity contribution in [3.8, 4) is 11.5 Å². The van der Waals surface area contributed by atoms with E-state index in [0.29, 0.717) is 27.7 Å². The number of aromatic amines is 1. The van der Waals surface area contributed by atoms with Crippen LogP contribution in [0.1, 0.15) is 0 Å². The van der Waals surface area contributed by atoms with Gasteiger partial charge in [-0.15, -0.1) is 0 Å². The molecule has 0 amide bonds. The van der Waals surface area contributed by atoms with Crippen LogP contribution in [0.15, 0.2) is 41.5 Å². The average molecular weight is 263 g/mol. The van der Waals surface area contributed by atoms with E-state index in [-0.39, 0.29) is 0 Å². The Balaban J connectivity index is 2.31. The molecule has 0 spiro atoms. The van der Waals surface area contributed by atoms with Crippen molar-refractivity contribution >= 4 is 23.6 Å². The van der Waals surface area contributed by atoms with E-state index in [9.17, 15) is 0 Å². The maximum Gasteiger partial charge on any atom is 0.146 e. The van der Waals surface area contributed by atoms with Gasteiger partial charge in [-0.05, 0) is 24.3 Å². The number of nitrogens with two attached hydrogens (primary N) is 1. The molecule has 0 aliphatic heterocycles. The molecule has 0 atom stereocenters. The monoisotopic (exact) mass is 262 g/mol. The molecule has 0 bridgehead atoms. The fourth-order valence-corrected chi connectivity index (χ4v) is 1.60. The molecule has 4 N–H and O–H groups in total. The van der Waals surface area contributed by atoms with E-state index in [0.717, 1.165) is 6.34 Å². The van der Waals surface area contributed by atoms with E-state index in [4.69, 9.17) is 27.5 Å². The Hall–Kier alpha value is -2.27. The number of H-pyrrole nitrogens is 1. The molecule has 6 heteroatoms. The number of nitrogens with one attached hydrogen (secondary N) is 2. The molecule has 0 saturated heterocycles. The number of benzene rings is 1. The van der Waals surface area contributed by atoms with Gasteiger partial charge in [-0.2, -0.15) is 0 Å². The Kier molecular flexibility index (Phi) is 3.64. The quantitative estimate of drug-likeness (QED) is 0.451. The summed E-state index contributed by atoms with van der Waals surface area (Å²) < 4.78 is 5.61. The van der Waals surface area contributed by atoms with Crippen LogP contribution in [0.25, 0.3) is 0 Å². The molecule has 2 aromatic rings. The van der Waals surface area contributed by atoms with Crippen molar-refractivity contribution in [3.05, 3.63) is 47.0 Å². The van der Waals surface area contributed by atoms with Gasteiger partial charge in [-0.1, -0.05) is 11.6 Å². The highest BCUT2D eigenvalue weighted by atomic mass is 35.5. The average Bonchev–Trinajstić information content (AvgIpc) is 2.34. The Morgan fingerprint density at radius 2 is 2.17 bits per heavy atom. The van der Waals surface area contributed by atoms with Gasteiger partial charge in [0, 0.05) is 18.0 Å². The first-order valence-electron chi connectivity index (χ1n) is 5.13. The zero-order valence-corrected chi connectivity index (χ0v) is 10.1. The molecule has 0 unspecified atom stereocenters. The lowest BCUT2D eigenvalue weighted by molar-refractivity contribution is 0.481. The van der Waals surface area contributed by atoms with E-state index in [1.165, 1.54) is 0 Å². The van der Waals surface area contributed by atoms with Crippen LogP contribution in [-0.4, -0.2) is 11.3 Å². The summed E-state index contributed by atoms with van der Waals surface area (Å²) in [6.07, 6.45) is 2.62. The molecule has 0 radical (unpaired) electrons. The van der Waals surface area contributed by atoms with Crippen LogP contribution in [0, 0.1) is 5.41 Å². The van der Waals surface area contributed by atoms with Gasteiger partial charge < -0.3 is 15.5 Å². The van der Waals surface area contributed by atoms with Crippen LogP contribution in [0.2, 0.25) is 5.02 Å². The van der Waals surface area contributed by atoms with Gasteiger partial charge in [0.2, 0.25) is 0 Å². The maximum atomic E-state index is 6.90. The minimum Gasteiger partial charge on any atom is -0.456 e. The molecular weight excluding hydrogens is 252 g/mol. The van der Waals surface area contributed by atoms with E-state index >= 15 is 0 Å². The number of pyridine rings is 1. The van der Waals surface area contributed by atoms with Crippen LogP contribution in [0.4, 0.5) is 5.69 Å². The lowest BCUT2D eigenvalue weighted by Crippen LogP contribution is -2.06. The van der Waals surface area contributed by atoms with E-state index in [1.54, 1.807) is 36.5 Å². The number of hydrogen-bond donors (Lipinski definition) is 3. The molecule has 18 heavy (non-hydrogen) atoms. The first-order chi connectivity index (χ1) is 8.69. The summed E-state index contributed by atoms with van der Waals surface area (Å²) in [4.78, 5) is 6.67. The van der Waals surface area contributed by atoms with Crippen LogP contribution in [-0.2, 0) is 0 Å². The summed E-state index contributed by atoms with van der Waals surface area (Å²) >= 11 is 6.01. The third-order valence-electron chi connectivity index (χ3n) is 2.15. The number of ether oxygens (including phenoxy) is 1. The predicted octanol–water partition coefficient (Wildman–Crippen LogP) is 2.55. The second-order valence-corrected chi connectivity index (χ2v) is 3.87. The fraction of sp³-hybridized carbons (Fsp3) is 0. The van der Waals surface area contributed by atoms with Gasteiger partial charge in [-0.25, -0.2) is 4.99 Å². The molecule has 1 aromatic carbocycles. The molecule has 0 aliphatic carbocycles. The molecule has 0 fully saturated rings. The van der Waals surface area contributed by atoms with Crippen LogP contribution in [0.3, 0.4) is 0 Å². The zero-order valence-electron chi connectivity index (χ0n) is 9.35. The summed E-state index contributed by atoms with van der Waals surface area (Å²) in [5.74, 6) is 1.08. The van der Waals surface area contributed by atoms with Crippen molar-refractivity contribution in [1.82, 2.24) is 4.98 Å². The number of anilines is 1. The second kappa shape index (κ2) is 5.37. The van der Waals surface area contributed by atoms with Crippen molar-refractivity contribution in [2.75, 3.05) is 5.73 Å². The van der Waals surface area contributed by atoms with Gasteiger partial charge in [-0.3, -0.25) is 5.41 Å². The van der Waals surface area contributed by atoms with Crippen LogP contribution in [0.5, 0.6) is 11.5 Å². The molecule has 1 aromatic heterocycles. The minimum atomic E-state index is 0.438. The van der Waals surface area contributed by atoms with Crippen LogP contribution < -0.4 is 16.0 Å². The van der Waals surface area contributed by atoms with Crippen molar-refractivity contribution < 1.29 is 4.74 Å². The Labute approximate surface area is 108 Å². The van der Waals surface area contributed by atoms with E-state index in [1.807, 2.05) is 0 Å². The molecule has 2 rings (SSSR count). The van der Waals surface area contributed by atoms with Gasteiger partial charge in [0.15, 0.2) is 0 Å². The normalized spacial score (nSPS) is 11.3. The zero-order chi connectivity index (χ0) is 13.0. The Morgan fingerprint density at radius 1 is 1.33 bits per heavy atom. The molecule has 1 heterocycles. The lowest BCUT2D eigenvalue weighted by atomic mass is 10.3. The lowest BCUT2D eigenvalue weighted by Gasteiger charge is -2.07. The number of rotatable bonds is 3. The largest absolute Gasteiger partial charge is 0.456 e. The van der Waals surface area contributed by atoms with Gasteiger partial charge in [0.25, 0.3) is 0 Å². The predicted molar refractivity (Wildman–Crippen MR) is 71.1 cm³/mol. The second-order valence-electron chi connectivity index (χ2n) is 3.46. The minimum absolute atomic E-state index is 0.438. The van der Waals surface area contributed by atoms with Gasteiger partial charge in [0.1, 0.15) is 23.3 Å². The third kappa shape index (κ3) is 2.89. The van der Waals surface area contributed by atoms with E-state index < -0.39 is 0 Å². The van der Waals surface area contributed by atoms with Crippen LogP contribution >= 0.6 is 11.6 Å². The number of nitrogens with zero attached hydrogens (tertiary/aromatic N) is 1. The number of aromatic nitrogens is 1. The van der Waals surface area contributed by atoms with Gasteiger partial charge in [0.05, 0.1) is 5.02 Å². The Morgan fingerprint density at radius 3 is 2.89 bits per heavy atom. The van der Waals surface area contributed by atoms with E-state index in [2.05, 4.69) is 9.98 Å². The molecular formula is C12H11ClN4O. The topological polar surface area (TPSA) is 87.2 Å². The summed E-state index contributed by atoms with van der Waals surface area (Å²) in [5.41, 5.74) is 6.70.